The highest BCUT2D eigenvalue weighted by atomic mass is 79.9. The van der Waals surface area contributed by atoms with Crippen molar-refractivity contribution in [3.05, 3.63) is 21.0 Å². The van der Waals surface area contributed by atoms with Gasteiger partial charge in [-0.1, -0.05) is 13.8 Å². The van der Waals surface area contributed by atoms with Crippen LogP contribution in [0.4, 0.5) is 5.69 Å². The summed E-state index contributed by atoms with van der Waals surface area (Å²) in [5.41, 5.74) is 0.835. The molecule has 0 spiro atoms. The van der Waals surface area contributed by atoms with Crippen molar-refractivity contribution in [3.63, 3.8) is 0 Å². The summed E-state index contributed by atoms with van der Waals surface area (Å²) >= 11 is 3.46. The lowest BCUT2D eigenvalue weighted by Crippen LogP contribution is -2.32. The Balaban J connectivity index is 1.73. The zero-order chi connectivity index (χ0) is 15.0. The number of nitrogens with zero attached hydrogens (tertiary/aromatic N) is 2. The predicted octanol–water partition coefficient (Wildman–Crippen LogP) is 3.65. The van der Waals surface area contributed by atoms with E-state index in [1.807, 2.05) is 0 Å². The zero-order valence-electron chi connectivity index (χ0n) is 12.8. The molecule has 2 atom stereocenters. The Morgan fingerprint density at radius 3 is 2.57 bits per heavy atom. The molecule has 0 saturated heterocycles. The maximum absolute atomic E-state index is 12.3. The molecule has 2 aliphatic carbocycles. The van der Waals surface area contributed by atoms with E-state index in [2.05, 4.69) is 40.2 Å². The van der Waals surface area contributed by atoms with Crippen molar-refractivity contribution in [2.45, 2.75) is 58.5 Å². The first-order valence-corrected chi connectivity index (χ1v) is 8.84. The van der Waals surface area contributed by atoms with Crippen LogP contribution in [0.3, 0.4) is 0 Å². The quantitative estimate of drug-likeness (QED) is 0.898. The van der Waals surface area contributed by atoms with Crippen molar-refractivity contribution in [1.29, 1.82) is 0 Å². The molecule has 3 rings (SSSR count). The summed E-state index contributed by atoms with van der Waals surface area (Å²) in [6, 6.07) is 0.445. The normalized spacial score (nSPS) is 29.4. The molecule has 1 heterocycles. The minimum atomic E-state index is -0.0104. The van der Waals surface area contributed by atoms with E-state index < -0.39 is 0 Å². The Labute approximate surface area is 134 Å². The third-order valence-corrected chi connectivity index (χ3v) is 5.42. The summed E-state index contributed by atoms with van der Waals surface area (Å²) in [7, 11) is 0. The molecule has 5 heteroatoms. The van der Waals surface area contributed by atoms with Crippen LogP contribution < -0.4 is 10.9 Å². The molecular weight excluding hydrogens is 330 g/mol. The van der Waals surface area contributed by atoms with Gasteiger partial charge in [-0.3, -0.25) is 4.79 Å². The van der Waals surface area contributed by atoms with Crippen LogP contribution in [0.1, 0.15) is 46.0 Å². The monoisotopic (exact) mass is 353 g/mol. The van der Waals surface area contributed by atoms with Gasteiger partial charge in [-0.15, -0.1) is 0 Å². The fraction of sp³-hybridized carbons (Fsp3) is 0.750. The first-order chi connectivity index (χ1) is 10.0. The predicted molar refractivity (Wildman–Crippen MR) is 88.5 cm³/mol. The first-order valence-electron chi connectivity index (χ1n) is 8.05. The van der Waals surface area contributed by atoms with Gasteiger partial charge in [0, 0.05) is 12.6 Å². The molecule has 2 unspecified atom stereocenters. The first kappa shape index (κ1) is 15.1. The average molecular weight is 354 g/mol. The van der Waals surface area contributed by atoms with Crippen LogP contribution >= 0.6 is 15.9 Å². The molecule has 1 aromatic heterocycles. The number of halogens is 1. The van der Waals surface area contributed by atoms with Gasteiger partial charge in [0.2, 0.25) is 0 Å². The lowest BCUT2D eigenvalue weighted by Gasteiger charge is -2.32. The van der Waals surface area contributed by atoms with E-state index in [0.717, 1.165) is 24.1 Å². The van der Waals surface area contributed by atoms with Crippen LogP contribution in [0.25, 0.3) is 0 Å². The lowest BCUT2D eigenvalue weighted by atomic mass is 9.80. The van der Waals surface area contributed by atoms with Crippen LogP contribution in [0.15, 0.2) is 15.5 Å². The second-order valence-electron chi connectivity index (χ2n) is 7.06. The Kier molecular flexibility index (Phi) is 4.38. The van der Waals surface area contributed by atoms with Gasteiger partial charge < -0.3 is 5.32 Å². The van der Waals surface area contributed by atoms with E-state index >= 15 is 0 Å². The minimum Gasteiger partial charge on any atom is -0.380 e. The van der Waals surface area contributed by atoms with Crippen molar-refractivity contribution in [2.24, 2.45) is 17.8 Å². The topological polar surface area (TPSA) is 46.9 Å². The van der Waals surface area contributed by atoms with Gasteiger partial charge in [0.1, 0.15) is 4.47 Å². The van der Waals surface area contributed by atoms with Crippen molar-refractivity contribution < 1.29 is 0 Å². The minimum absolute atomic E-state index is 0.0104. The Morgan fingerprint density at radius 2 is 1.95 bits per heavy atom. The Bertz CT molecular complexity index is 557. The smallest absolute Gasteiger partial charge is 0.283 e. The number of hydrogen-bond acceptors (Lipinski definition) is 3. The molecular formula is C16H24BrN3O. The highest BCUT2D eigenvalue weighted by molar-refractivity contribution is 9.10. The molecule has 2 aliphatic rings. The van der Waals surface area contributed by atoms with Gasteiger partial charge in [-0.25, -0.2) is 4.68 Å². The molecule has 1 aromatic rings. The summed E-state index contributed by atoms with van der Waals surface area (Å²) < 4.78 is 2.23. The molecule has 0 aromatic carbocycles. The van der Waals surface area contributed by atoms with Gasteiger partial charge in [-0.2, -0.15) is 5.10 Å². The maximum atomic E-state index is 12.3. The standard InChI is InChI=1S/C16H24BrN3O/c1-10-5-11(2)7-13(6-10)19-14-8-18-20(9-12-3-4-12)16(21)15(14)17/h8,10-13,19H,3-7,9H2,1-2H3. The van der Waals surface area contributed by atoms with Crippen LogP contribution in [-0.2, 0) is 6.54 Å². The highest BCUT2D eigenvalue weighted by Gasteiger charge is 2.26. The van der Waals surface area contributed by atoms with Crippen LogP contribution in [-0.4, -0.2) is 15.8 Å². The molecule has 2 fully saturated rings. The summed E-state index contributed by atoms with van der Waals surface area (Å²) in [6.45, 7) is 5.38. The summed E-state index contributed by atoms with van der Waals surface area (Å²) in [6.07, 6.45) is 7.90. The zero-order valence-corrected chi connectivity index (χ0v) is 14.4. The number of anilines is 1. The second-order valence-corrected chi connectivity index (χ2v) is 7.85. The molecule has 1 N–H and O–H groups in total. The SMILES string of the molecule is CC1CC(C)CC(Nc2cnn(CC3CC3)c(=O)c2Br)C1. The van der Waals surface area contributed by atoms with E-state index in [1.54, 1.807) is 10.9 Å². The fourth-order valence-corrected chi connectivity index (χ4v) is 3.95. The third kappa shape index (κ3) is 3.68. The molecule has 21 heavy (non-hydrogen) atoms. The van der Waals surface area contributed by atoms with Crippen LogP contribution in [0, 0.1) is 17.8 Å². The molecule has 0 amide bonds. The fourth-order valence-electron chi connectivity index (χ4n) is 3.53. The van der Waals surface area contributed by atoms with Crippen molar-refractivity contribution in [3.8, 4) is 0 Å². The van der Waals surface area contributed by atoms with E-state index in [9.17, 15) is 4.79 Å². The van der Waals surface area contributed by atoms with Gasteiger partial charge in [-0.05, 0) is 65.8 Å². The molecule has 0 aliphatic heterocycles. The van der Waals surface area contributed by atoms with Gasteiger partial charge in [0.25, 0.3) is 5.56 Å². The molecule has 2 saturated carbocycles. The summed E-state index contributed by atoms with van der Waals surface area (Å²) in [5.74, 6) is 2.14. The van der Waals surface area contributed by atoms with Crippen molar-refractivity contribution in [2.75, 3.05) is 5.32 Å². The van der Waals surface area contributed by atoms with E-state index in [4.69, 9.17) is 0 Å². The van der Waals surface area contributed by atoms with Crippen LogP contribution in [0.2, 0.25) is 0 Å². The number of hydrogen-bond donors (Lipinski definition) is 1. The number of rotatable bonds is 4. The van der Waals surface area contributed by atoms with E-state index in [-0.39, 0.29) is 5.56 Å². The molecule has 116 valence electrons. The third-order valence-electron chi connectivity index (χ3n) is 4.65. The largest absolute Gasteiger partial charge is 0.380 e. The van der Waals surface area contributed by atoms with Gasteiger partial charge in [0.15, 0.2) is 0 Å². The summed E-state index contributed by atoms with van der Waals surface area (Å²) in [4.78, 5) is 12.3. The maximum Gasteiger partial charge on any atom is 0.283 e. The number of aromatic nitrogens is 2. The lowest BCUT2D eigenvalue weighted by molar-refractivity contribution is 0.280. The summed E-state index contributed by atoms with van der Waals surface area (Å²) in [5, 5.41) is 7.86. The highest BCUT2D eigenvalue weighted by Crippen LogP contribution is 2.32. The van der Waals surface area contributed by atoms with Crippen molar-refractivity contribution in [1.82, 2.24) is 9.78 Å². The number of nitrogens with one attached hydrogen (secondary N) is 1. The van der Waals surface area contributed by atoms with Crippen molar-refractivity contribution >= 4 is 21.6 Å². The van der Waals surface area contributed by atoms with E-state index in [0.29, 0.717) is 16.4 Å². The molecule has 4 nitrogen and oxygen atoms in total. The van der Waals surface area contributed by atoms with Gasteiger partial charge >= 0.3 is 0 Å². The van der Waals surface area contributed by atoms with Crippen LogP contribution in [0.5, 0.6) is 0 Å². The average Bonchev–Trinajstić information content (AvgIpc) is 3.21. The Hall–Kier alpha value is -0.840. The molecule has 0 radical (unpaired) electrons. The molecule has 0 bridgehead atoms. The second kappa shape index (κ2) is 6.11. The van der Waals surface area contributed by atoms with Gasteiger partial charge in [0.05, 0.1) is 11.9 Å². The Morgan fingerprint density at radius 1 is 1.29 bits per heavy atom. The van der Waals surface area contributed by atoms with E-state index in [1.165, 1.54) is 32.1 Å².